The van der Waals surface area contributed by atoms with Crippen LogP contribution in [0.1, 0.15) is 11.1 Å². The van der Waals surface area contributed by atoms with E-state index in [1.54, 1.807) is 29.2 Å². The highest BCUT2D eigenvalue weighted by atomic mass is 32.2. The molecular formula is C26H21N3O2S. The zero-order valence-electron chi connectivity index (χ0n) is 17.2. The molecule has 3 aromatic carbocycles. The molecular weight excluding hydrogens is 418 g/mol. The number of phenols is 1. The average Bonchev–Trinajstić information content (AvgIpc) is 3.34. The van der Waals surface area contributed by atoms with Crippen molar-refractivity contribution >= 4 is 45.5 Å². The highest BCUT2D eigenvalue weighted by Crippen LogP contribution is 2.35. The van der Waals surface area contributed by atoms with Gasteiger partial charge in [0.2, 0.25) is 0 Å². The number of amidine groups is 1. The summed E-state index contributed by atoms with van der Waals surface area (Å²) in [6, 6.07) is 24.7. The molecule has 1 aromatic heterocycles. The standard InChI is InChI=1S/C26H21N3O2S/c30-21-10-6-7-18(15-21)16-24-25(31)29(26(32-24)28-20-8-2-1-3-9-20)14-13-19-17-27-23-12-5-4-11-22(19)23/h1-12,15-17,27,30H,13-14H2/b24-16+,28-26?. The molecule has 0 atom stereocenters. The molecule has 5 nitrogen and oxygen atoms in total. The van der Waals surface area contributed by atoms with E-state index in [1.165, 1.54) is 22.7 Å². The van der Waals surface area contributed by atoms with Crippen LogP contribution in [0.2, 0.25) is 0 Å². The van der Waals surface area contributed by atoms with Crippen LogP contribution in [0.4, 0.5) is 5.69 Å². The van der Waals surface area contributed by atoms with E-state index < -0.39 is 0 Å². The summed E-state index contributed by atoms with van der Waals surface area (Å²) in [6.07, 6.45) is 4.53. The average molecular weight is 440 g/mol. The van der Waals surface area contributed by atoms with Gasteiger partial charge in [-0.2, -0.15) is 0 Å². The van der Waals surface area contributed by atoms with Crippen LogP contribution in [0, 0.1) is 0 Å². The molecule has 6 heteroatoms. The zero-order chi connectivity index (χ0) is 21.9. The number of nitrogens with zero attached hydrogens (tertiary/aromatic N) is 2. The maximum Gasteiger partial charge on any atom is 0.266 e. The van der Waals surface area contributed by atoms with E-state index in [9.17, 15) is 9.90 Å². The van der Waals surface area contributed by atoms with Gasteiger partial charge in [-0.15, -0.1) is 0 Å². The number of fused-ring (bicyclic) bond motifs is 1. The minimum Gasteiger partial charge on any atom is -0.508 e. The number of amides is 1. The molecule has 4 aromatic rings. The molecule has 0 saturated carbocycles. The number of hydrogen-bond acceptors (Lipinski definition) is 4. The van der Waals surface area contributed by atoms with Crippen molar-refractivity contribution in [3.05, 3.63) is 101 Å². The molecule has 0 aliphatic carbocycles. The third-order valence-corrected chi connectivity index (χ3v) is 6.32. The summed E-state index contributed by atoms with van der Waals surface area (Å²) in [7, 11) is 0. The predicted molar refractivity (Wildman–Crippen MR) is 131 cm³/mol. The van der Waals surface area contributed by atoms with E-state index in [0.29, 0.717) is 23.0 Å². The number of aliphatic imine (C=N–C) groups is 1. The number of carbonyl (C=O) groups is 1. The van der Waals surface area contributed by atoms with Crippen LogP contribution in [-0.4, -0.2) is 32.6 Å². The molecule has 0 radical (unpaired) electrons. The minimum atomic E-state index is -0.0761. The normalized spacial score (nSPS) is 16.5. The predicted octanol–water partition coefficient (Wildman–Crippen LogP) is 5.72. The van der Waals surface area contributed by atoms with E-state index >= 15 is 0 Å². The second-order valence-corrected chi connectivity index (χ2v) is 8.51. The summed E-state index contributed by atoms with van der Waals surface area (Å²) in [5.74, 6) is 0.0945. The number of hydrogen-bond donors (Lipinski definition) is 2. The fraction of sp³-hybridized carbons (Fsp3) is 0.0769. The van der Waals surface area contributed by atoms with Crippen LogP contribution >= 0.6 is 11.8 Å². The largest absolute Gasteiger partial charge is 0.508 e. The third-order valence-electron chi connectivity index (χ3n) is 5.32. The first-order valence-corrected chi connectivity index (χ1v) is 11.2. The third kappa shape index (κ3) is 4.18. The van der Waals surface area contributed by atoms with E-state index in [-0.39, 0.29) is 11.7 Å². The van der Waals surface area contributed by atoms with Crippen LogP contribution in [0.15, 0.2) is 95.0 Å². The summed E-state index contributed by atoms with van der Waals surface area (Å²) >= 11 is 1.36. The Hall–Kier alpha value is -3.77. The van der Waals surface area contributed by atoms with Crippen LogP contribution in [0.5, 0.6) is 5.75 Å². The van der Waals surface area contributed by atoms with Crippen molar-refractivity contribution in [1.29, 1.82) is 0 Å². The van der Waals surface area contributed by atoms with E-state index in [2.05, 4.69) is 11.1 Å². The number of phenolic OH excluding ortho intramolecular Hbond substituents is 1. The summed E-state index contributed by atoms with van der Waals surface area (Å²) in [5.41, 5.74) is 3.84. The second kappa shape index (κ2) is 8.77. The molecule has 1 fully saturated rings. The number of para-hydroxylation sites is 2. The lowest BCUT2D eigenvalue weighted by atomic mass is 10.1. The molecule has 0 unspecified atom stereocenters. The summed E-state index contributed by atoms with van der Waals surface area (Å²) in [6.45, 7) is 0.525. The number of carbonyl (C=O) groups excluding carboxylic acids is 1. The number of H-pyrrole nitrogens is 1. The minimum absolute atomic E-state index is 0.0761. The summed E-state index contributed by atoms with van der Waals surface area (Å²) < 4.78 is 0. The van der Waals surface area contributed by atoms with Gasteiger partial charge in [-0.25, -0.2) is 4.99 Å². The lowest BCUT2D eigenvalue weighted by molar-refractivity contribution is -0.122. The van der Waals surface area contributed by atoms with Crippen molar-refractivity contribution < 1.29 is 9.90 Å². The van der Waals surface area contributed by atoms with Crippen molar-refractivity contribution in [3.63, 3.8) is 0 Å². The Morgan fingerprint density at radius 3 is 2.66 bits per heavy atom. The van der Waals surface area contributed by atoms with Gasteiger partial charge in [-0.1, -0.05) is 48.5 Å². The molecule has 2 N–H and O–H groups in total. The molecule has 0 spiro atoms. The Kier molecular flexibility index (Phi) is 5.52. The number of thioether (sulfide) groups is 1. The maximum absolute atomic E-state index is 13.3. The van der Waals surface area contributed by atoms with Gasteiger partial charge in [0.05, 0.1) is 10.6 Å². The summed E-state index contributed by atoms with van der Waals surface area (Å²) in [5, 5.41) is 11.6. The van der Waals surface area contributed by atoms with Gasteiger partial charge in [0.1, 0.15) is 5.75 Å². The van der Waals surface area contributed by atoms with E-state index in [0.717, 1.165) is 16.8 Å². The van der Waals surface area contributed by atoms with Gasteiger partial charge in [-0.05, 0) is 65.7 Å². The lowest BCUT2D eigenvalue weighted by Crippen LogP contribution is -2.31. The Balaban J connectivity index is 1.45. The number of aromatic nitrogens is 1. The van der Waals surface area contributed by atoms with Gasteiger partial charge >= 0.3 is 0 Å². The van der Waals surface area contributed by atoms with Crippen molar-refractivity contribution in [3.8, 4) is 5.75 Å². The molecule has 32 heavy (non-hydrogen) atoms. The number of rotatable bonds is 5. The fourth-order valence-electron chi connectivity index (χ4n) is 3.74. The molecule has 1 aliphatic heterocycles. The Morgan fingerprint density at radius 2 is 1.81 bits per heavy atom. The SMILES string of the molecule is O=C1/C(=C\c2cccc(O)c2)SC(=Nc2ccccc2)N1CCc1c[nH]c2ccccc12. The van der Waals surface area contributed by atoms with Crippen molar-refractivity contribution in [2.45, 2.75) is 6.42 Å². The molecule has 1 amide bonds. The van der Waals surface area contributed by atoms with Crippen molar-refractivity contribution in [1.82, 2.24) is 9.88 Å². The highest BCUT2D eigenvalue weighted by Gasteiger charge is 2.33. The number of aromatic amines is 1. The maximum atomic E-state index is 13.3. The quantitative estimate of drug-likeness (QED) is 0.391. The second-order valence-electron chi connectivity index (χ2n) is 7.50. The monoisotopic (exact) mass is 439 g/mol. The number of aromatic hydroxyl groups is 1. The number of benzene rings is 3. The topological polar surface area (TPSA) is 68.7 Å². The molecule has 1 saturated heterocycles. The zero-order valence-corrected chi connectivity index (χ0v) is 18.0. The Bertz CT molecular complexity index is 1340. The molecule has 1 aliphatic rings. The van der Waals surface area contributed by atoms with Gasteiger partial charge in [-0.3, -0.25) is 9.69 Å². The van der Waals surface area contributed by atoms with Gasteiger partial charge in [0.15, 0.2) is 5.17 Å². The highest BCUT2D eigenvalue weighted by molar-refractivity contribution is 8.18. The van der Waals surface area contributed by atoms with Crippen molar-refractivity contribution in [2.24, 2.45) is 4.99 Å². The van der Waals surface area contributed by atoms with Crippen LogP contribution < -0.4 is 0 Å². The summed E-state index contributed by atoms with van der Waals surface area (Å²) in [4.78, 5) is 23.7. The molecule has 158 valence electrons. The van der Waals surface area contributed by atoms with Crippen LogP contribution in [-0.2, 0) is 11.2 Å². The molecule has 2 heterocycles. The van der Waals surface area contributed by atoms with Gasteiger partial charge in [0, 0.05) is 23.6 Å². The van der Waals surface area contributed by atoms with Crippen molar-refractivity contribution in [2.75, 3.05) is 6.54 Å². The fourth-order valence-corrected chi connectivity index (χ4v) is 4.76. The van der Waals surface area contributed by atoms with Crippen LogP contribution in [0.25, 0.3) is 17.0 Å². The Labute approximate surface area is 190 Å². The molecule has 5 rings (SSSR count). The van der Waals surface area contributed by atoms with Gasteiger partial charge < -0.3 is 10.1 Å². The Morgan fingerprint density at radius 1 is 1.00 bits per heavy atom. The van der Waals surface area contributed by atoms with E-state index in [4.69, 9.17) is 4.99 Å². The first-order chi connectivity index (χ1) is 15.7. The number of nitrogens with one attached hydrogen (secondary N) is 1. The first kappa shape index (κ1) is 20.2. The molecule has 0 bridgehead atoms. The lowest BCUT2D eigenvalue weighted by Gasteiger charge is -2.15. The first-order valence-electron chi connectivity index (χ1n) is 10.4. The smallest absolute Gasteiger partial charge is 0.266 e. The van der Waals surface area contributed by atoms with E-state index in [1.807, 2.05) is 60.8 Å². The van der Waals surface area contributed by atoms with Crippen LogP contribution in [0.3, 0.4) is 0 Å². The van der Waals surface area contributed by atoms with Gasteiger partial charge in [0.25, 0.3) is 5.91 Å².